The first-order valence-corrected chi connectivity index (χ1v) is 9.09. The van der Waals surface area contributed by atoms with Gasteiger partial charge < -0.3 is 26.8 Å². The number of carbonyl (C=O) groups is 3. The Morgan fingerprint density at radius 2 is 1.75 bits per heavy atom. The third-order valence-corrected chi connectivity index (χ3v) is 4.29. The van der Waals surface area contributed by atoms with Gasteiger partial charge in [-0.1, -0.05) is 44.2 Å². The maximum absolute atomic E-state index is 12.1. The van der Waals surface area contributed by atoms with Crippen LogP contribution >= 0.6 is 12.4 Å². The minimum Gasteiger partial charge on any atom is -0.465 e. The highest BCUT2D eigenvalue weighted by Crippen LogP contribution is 2.08. The molecule has 0 aromatic heterocycles. The summed E-state index contributed by atoms with van der Waals surface area (Å²) in [6.07, 6.45) is 0.593. The number of rotatable bonds is 11. The van der Waals surface area contributed by atoms with E-state index < -0.39 is 30.0 Å². The molecular formula is C19H31ClN4O4. The first kappa shape index (κ1) is 25.7. The molecule has 0 unspecified atom stereocenters. The first-order valence-electron chi connectivity index (χ1n) is 9.09. The fourth-order valence-corrected chi connectivity index (χ4v) is 2.67. The number of hydrogen-bond donors (Lipinski definition) is 4. The van der Waals surface area contributed by atoms with Gasteiger partial charge in [-0.15, -0.1) is 12.4 Å². The van der Waals surface area contributed by atoms with Gasteiger partial charge in [0.15, 0.2) is 0 Å². The van der Waals surface area contributed by atoms with Crippen molar-refractivity contribution < 1.29 is 19.5 Å². The lowest BCUT2D eigenvalue weighted by Crippen LogP contribution is -2.52. The van der Waals surface area contributed by atoms with Crippen molar-refractivity contribution >= 4 is 30.3 Å². The molecule has 0 saturated heterocycles. The van der Waals surface area contributed by atoms with Gasteiger partial charge in [0.25, 0.3) is 0 Å². The van der Waals surface area contributed by atoms with Gasteiger partial charge in [-0.2, -0.15) is 0 Å². The molecule has 0 heterocycles. The van der Waals surface area contributed by atoms with Crippen molar-refractivity contribution in [1.82, 2.24) is 10.2 Å². The van der Waals surface area contributed by atoms with E-state index in [1.807, 2.05) is 30.3 Å². The van der Waals surface area contributed by atoms with Crippen LogP contribution in [-0.4, -0.2) is 46.5 Å². The number of unbranched alkanes of at least 4 members (excludes halogenated alkanes) is 1. The quantitative estimate of drug-likeness (QED) is 0.408. The zero-order chi connectivity index (χ0) is 20.4. The Bertz CT molecular complexity index is 628. The van der Waals surface area contributed by atoms with E-state index in [4.69, 9.17) is 11.5 Å². The molecule has 0 radical (unpaired) electrons. The molecule has 0 aliphatic heterocycles. The van der Waals surface area contributed by atoms with Crippen molar-refractivity contribution in [1.29, 1.82) is 0 Å². The van der Waals surface area contributed by atoms with E-state index in [1.165, 1.54) is 4.90 Å². The molecule has 0 aliphatic rings. The second-order valence-corrected chi connectivity index (χ2v) is 6.92. The minimum absolute atomic E-state index is 0. The van der Waals surface area contributed by atoms with E-state index in [-0.39, 0.29) is 18.3 Å². The fourth-order valence-electron chi connectivity index (χ4n) is 2.67. The van der Waals surface area contributed by atoms with E-state index in [0.717, 1.165) is 5.56 Å². The predicted molar refractivity (Wildman–Crippen MR) is 110 cm³/mol. The second-order valence-electron chi connectivity index (χ2n) is 6.92. The first-order chi connectivity index (χ1) is 12.7. The van der Waals surface area contributed by atoms with Crippen LogP contribution < -0.4 is 16.8 Å². The number of amides is 3. The molecule has 2 atom stereocenters. The molecule has 0 aliphatic carbocycles. The molecule has 158 valence electrons. The maximum Gasteiger partial charge on any atom is 0.407 e. The van der Waals surface area contributed by atoms with Crippen molar-refractivity contribution in [3.63, 3.8) is 0 Å². The number of primary amides is 1. The summed E-state index contributed by atoms with van der Waals surface area (Å²) in [5, 5.41) is 11.9. The number of halogens is 1. The van der Waals surface area contributed by atoms with Crippen molar-refractivity contribution in [3.8, 4) is 0 Å². The smallest absolute Gasteiger partial charge is 0.407 e. The largest absolute Gasteiger partial charge is 0.465 e. The highest BCUT2D eigenvalue weighted by molar-refractivity contribution is 5.89. The molecule has 0 saturated carbocycles. The van der Waals surface area contributed by atoms with Crippen molar-refractivity contribution in [2.45, 2.75) is 51.7 Å². The Hall–Kier alpha value is -2.32. The summed E-state index contributed by atoms with van der Waals surface area (Å²) in [5.74, 6) is -1.14. The molecule has 1 aromatic carbocycles. The summed E-state index contributed by atoms with van der Waals surface area (Å²) in [4.78, 5) is 36.2. The molecule has 9 heteroatoms. The molecule has 6 N–H and O–H groups in total. The number of nitrogens with zero attached hydrogens (tertiary/aromatic N) is 1. The fraction of sp³-hybridized carbons (Fsp3) is 0.526. The average Bonchev–Trinajstić information content (AvgIpc) is 2.61. The van der Waals surface area contributed by atoms with Gasteiger partial charge >= 0.3 is 6.09 Å². The van der Waals surface area contributed by atoms with E-state index >= 15 is 0 Å². The molecule has 28 heavy (non-hydrogen) atoms. The van der Waals surface area contributed by atoms with Gasteiger partial charge in [0.1, 0.15) is 6.04 Å². The molecule has 0 spiro atoms. The number of hydrogen-bond acceptors (Lipinski definition) is 4. The third kappa shape index (κ3) is 9.05. The van der Waals surface area contributed by atoms with Gasteiger partial charge in [0.05, 0.1) is 6.04 Å². The van der Waals surface area contributed by atoms with Crippen LogP contribution in [0.25, 0.3) is 0 Å². The summed E-state index contributed by atoms with van der Waals surface area (Å²) >= 11 is 0. The standard InChI is InChI=1S/C19H30N4O4.ClH/c1-13(2)16(17(21)24)22-18(25)15(20)10-6-7-11-23(19(26)27)12-14-8-4-3-5-9-14;/h3-5,8-9,13,15-16H,6-7,10-12,20H2,1-2H3,(H2,21,24)(H,22,25)(H,26,27);1H/t15-,16+;/m1./s1. The summed E-state index contributed by atoms with van der Waals surface area (Å²) in [6, 6.07) is 7.84. The number of nitrogens with one attached hydrogen (secondary N) is 1. The maximum atomic E-state index is 12.1. The zero-order valence-electron chi connectivity index (χ0n) is 16.3. The van der Waals surface area contributed by atoms with E-state index in [9.17, 15) is 19.5 Å². The Labute approximate surface area is 172 Å². The number of nitrogens with two attached hydrogens (primary N) is 2. The van der Waals surface area contributed by atoms with Gasteiger partial charge in [0.2, 0.25) is 11.8 Å². The third-order valence-electron chi connectivity index (χ3n) is 4.29. The van der Waals surface area contributed by atoms with Crippen LogP contribution in [0.15, 0.2) is 30.3 Å². The normalized spacial score (nSPS) is 12.6. The van der Waals surface area contributed by atoms with Crippen molar-refractivity contribution in [2.24, 2.45) is 17.4 Å². The lowest BCUT2D eigenvalue weighted by Gasteiger charge is -2.22. The van der Waals surface area contributed by atoms with Crippen molar-refractivity contribution in [2.75, 3.05) is 6.54 Å². The molecule has 8 nitrogen and oxygen atoms in total. The van der Waals surface area contributed by atoms with Crippen LogP contribution in [0.1, 0.15) is 38.7 Å². The predicted octanol–water partition coefficient (Wildman–Crippen LogP) is 1.71. The van der Waals surface area contributed by atoms with E-state index in [1.54, 1.807) is 13.8 Å². The number of benzene rings is 1. The van der Waals surface area contributed by atoms with Crippen LogP contribution in [0.2, 0.25) is 0 Å². The molecule has 0 fully saturated rings. The van der Waals surface area contributed by atoms with E-state index in [0.29, 0.717) is 32.4 Å². The summed E-state index contributed by atoms with van der Waals surface area (Å²) < 4.78 is 0. The zero-order valence-corrected chi connectivity index (χ0v) is 17.2. The number of carbonyl (C=O) groups excluding carboxylic acids is 2. The summed E-state index contributed by atoms with van der Waals surface area (Å²) in [5.41, 5.74) is 12.1. The van der Waals surface area contributed by atoms with E-state index in [2.05, 4.69) is 5.32 Å². The second kappa shape index (κ2) is 13.0. The van der Waals surface area contributed by atoms with Crippen molar-refractivity contribution in [3.05, 3.63) is 35.9 Å². The van der Waals surface area contributed by atoms with Gasteiger partial charge in [0, 0.05) is 13.1 Å². The topological polar surface area (TPSA) is 139 Å². The lowest BCUT2D eigenvalue weighted by atomic mass is 10.0. The van der Waals surface area contributed by atoms with Crippen LogP contribution in [0.5, 0.6) is 0 Å². The Kier molecular flexibility index (Phi) is 11.9. The monoisotopic (exact) mass is 414 g/mol. The highest BCUT2D eigenvalue weighted by atomic mass is 35.5. The average molecular weight is 415 g/mol. The summed E-state index contributed by atoms with van der Waals surface area (Å²) in [7, 11) is 0. The molecular weight excluding hydrogens is 384 g/mol. The number of carboxylic acid groups (broad SMARTS) is 1. The Balaban J connectivity index is 0.00000729. The molecule has 0 bridgehead atoms. The van der Waals surface area contributed by atoms with Gasteiger partial charge in [-0.3, -0.25) is 9.59 Å². The van der Waals surface area contributed by atoms with Crippen LogP contribution in [-0.2, 0) is 16.1 Å². The highest BCUT2D eigenvalue weighted by Gasteiger charge is 2.24. The lowest BCUT2D eigenvalue weighted by molar-refractivity contribution is -0.129. The van der Waals surface area contributed by atoms with Gasteiger partial charge in [-0.25, -0.2) is 4.79 Å². The van der Waals surface area contributed by atoms with Crippen LogP contribution in [0.3, 0.4) is 0 Å². The molecule has 1 rings (SSSR count). The van der Waals surface area contributed by atoms with Gasteiger partial charge in [-0.05, 0) is 30.7 Å². The Morgan fingerprint density at radius 1 is 1.14 bits per heavy atom. The van der Waals surface area contributed by atoms with Crippen LogP contribution in [0, 0.1) is 5.92 Å². The SMILES string of the molecule is CC(C)[C@H](NC(=O)[C@H](N)CCCCN(Cc1ccccc1)C(=O)O)C(N)=O.Cl. The molecule has 3 amide bonds. The summed E-state index contributed by atoms with van der Waals surface area (Å²) in [6.45, 7) is 4.24. The van der Waals surface area contributed by atoms with Crippen LogP contribution in [0.4, 0.5) is 4.79 Å². The Morgan fingerprint density at radius 3 is 2.25 bits per heavy atom. The molecule has 1 aromatic rings. The minimum atomic E-state index is -0.984.